The highest BCUT2D eigenvalue weighted by Gasteiger charge is 2.45. The van der Waals surface area contributed by atoms with Crippen molar-refractivity contribution in [3.63, 3.8) is 0 Å². The molecule has 2 aromatic rings. The standard InChI is InChI=1S/C19H20ClN3O3S/c20-17-3-4-18(22-21-17)26-14-2-1-11-8-23(9-13(11)14)19(24)16-7-12-10-25-6-5-15(12)27-16/h3-4,7,11,13-14H,1-2,5-6,8-10H2/t11-,13+,14+/m0/s1. The molecule has 0 bridgehead atoms. The lowest BCUT2D eigenvalue weighted by Gasteiger charge is -2.21. The predicted molar refractivity (Wildman–Crippen MR) is 101 cm³/mol. The molecule has 3 atom stereocenters. The third kappa shape index (κ3) is 3.32. The minimum Gasteiger partial charge on any atom is -0.473 e. The maximum absolute atomic E-state index is 13.0. The van der Waals surface area contributed by atoms with E-state index in [2.05, 4.69) is 10.2 Å². The Hall–Kier alpha value is -1.70. The summed E-state index contributed by atoms with van der Waals surface area (Å²) in [5.74, 6) is 1.50. The van der Waals surface area contributed by atoms with Crippen LogP contribution in [0.15, 0.2) is 18.2 Å². The van der Waals surface area contributed by atoms with E-state index in [1.54, 1.807) is 23.5 Å². The van der Waals surface area contributed by atoms with Crippen LogP contribution in [0.25, 0.3) is 0 Å². The fourth-order valence-electron chi connectivity index (χ4n) is 4.46. The van der Waals surface area contributed by atoms with Gasteiger partial charge in [0.1, 0.15) is 6.10 Å². The largest absolute Gasteiger partial charge is 0.473 e. The molecule has 1 saturated carbocycles. The Morgan fingerprint density at radius 1 is 1.30 bits per heavy atom. The number of likely N-dealkylation sites (tertiary alicyclic amines) is 1. The number of fused-ring (bicyclic) bond motifs is 2. The van der Waals surface area contributed by atoms with Crippen molar-refractivity contribution in [3.8, 4) is 5.88 Å². The average molecular weight is 406 g/mol. The second-order valence-corrected chi connectivity index (χ2v) is 8.95. The van der Waals surface area contributed by atoms with Crippen LogP contribution in [0.2, 0.25) is 5.15 Å². The van der Waals surface area contributed by atoms with E-state index < -0.39 is 0 Å². The number of halogens is 1. The summed E-state index contributed by atoms with van der Waals surface area (Å²) in [6.07, 6.45) is 3.06. The molecule has 3 aliphatic rings. The van der Waals surface area contributed by atoms with Crippen molar-refractivity contribution in [2.45, 2.75) is 32.0 Å². The molecule has 4 heterocycles. The number of carbonyl (C=O) groups is 1. The van der Waals surface area contributed by atoms with Gasteiger partial charge in [0.25, 0.3) is 5.91 Å². The van der Waals surface area contributed by atoms with Crippen LogP contribution in [0, 0.1) is 11.8 Å². The highest BCUT2D eigenvalue weighted by molar-refractivity contribution is 7.14. The number of hydrogen-bond acceptors (Lipinski definition) is 6. The molecule has 2 aromatic heterocycles. The first kappa shape index (κ1) is 17.4. The number of amides is 1. The predicted octanol–water partition coefficient (Wildman–Crippen LogP) is 3.19. The van der Waals surface area contributed by atoms with E-state index in [1.165, 1.54) is 10.4 Å². The third-order valence-electron chi connectivity index (χ3n) is 5.80. The summed E-state index contributed by atoms with van der Waals surface area (Å²) in [4.78, 5) is 17.1. The molecule has 27 heavy (non-hydrogen) atoms. The monoisotopic (exact) mass is 405 g/mol. The number of carbonyl (C=O) groups excluding carboxylic acids is 1. The van der Waals surface area contributed by atoms with Crippen LogP contribution >= 0.6 is 22.9 Å². The summed E-state index contributed by atoms with van der Waals surface area (Å²) in [5.41, 5.74) is 1.18. The molecule has 0 aromatic carbocycles. The van der Waals surface area contributed by atoms with Crippen molar-refractivity contribution in [1.82, 2.24) is 15.1 Å². The molecule has 1 saturated heterocycles. The number of thiophene rings is 1. The van der Waals surface area contributed by atoms with Gasteiger partial charge in [0.15, 0.2) is 5.15 Å². The smallest absolute Gasteiger partial charge is 0.263 e. The summed E-state index contributed by atoms with van der Waals surface area (Å²) in [7, 11) is 0. The van der Waals surface area contributed by atoms with E-state index in [9.17, 15) is 4.79 Å². The first-order chi connectivity index (χ1) is 13.2. The van der Waals surface area contributed by atoms with E-state index in [-0.39, 0.29) is 12.0 Å². The van der Waals surface area contributed by atoms with Crippen molar-refractivity contribution < 1.29 is 14.3 Å². The Balaban J connectivity index is 1.27. The van der Waals surface area contributed by atoms with Crippen LogP contribution in [-0.4, -0.2) is 46.8 Å². The number of aromatic nitrogens is 2. The van der Waals surface area contributed by atoms with E-state index in [1.807, 2.05) is 11.0 Å². The van der Waals surface area contributed by atoms with Crippen LogP contribution in [0.3, 0.4) is 0 Å². The molecule has 2 aliphatic heterocycles. The van der Waals surface area contributed by atoms with Gasteiger partial charge in [-0.2, -0.15) is 0 Å². The molecular weight excluding hydrogens is 386 g/mol. The molecule has 142 valence electrons. The van der Waals surface area contributed by atoms with E-state index >= 15 is 0 Å². The number of hydrogen-bond donors (Lipinski definition) is 0. The normalized spacial score (nSPS) is 26.7. The van der Waals surface area contributed by atoms with E-state index in [0.717, 1.165) is 43.8 Å². The second-order valence-electron chi connectivity index (χ2n) is 7.42. The lowest BCUT2D eigenvalue weighted by atomic mass is 9.99. The van der Waals surface area contributed by atoms with Gasteiger partial charge in [-0.1, -0.05) is 11.6 Å². The Morgan fingerprint density at radius 3 is 3.04 bits per heavy atom. The number of nitrogens with zero attached hydrogens (tertiary/aromatic N) is 3. The Kier molecular flexibility index (Phi) is 4.53. The minimum atomic E-state index is 0.0771. The summed E-state index contributed by atoms with van der Waals surface area (Å²) < 4.78 is 11.6. The fourth-order valence-corrected chi connectivity index (χ4v) is 5.68. The third-order valence-corrected chi connectivity index (χ3v) is 7.22. The van der Waals surface area contributed by atoms with Crippen LogP contribution in [-0.2, 0) is 17.8 Å². The first-order valence-electron chi connectivity index (χ1n) is 9.32. The zero-order valence-corrected chi connectivity index (χ0v) is 16.3. The molecule has 5 rings (SSSR count). The van der Waals surface area contributed by atoms with Gasteiger partial charge < -0.3 is 14.4 Å². The van der Waals surface area contributed by atoms with Crippen molar-refractivity contribution in [2.24, 2.45) is 11.8 Å². The van der Waals surface area contributed by atoms with Crippen molar-refractivity contribution in [1.29, 1.82) is 0 Å². The van der Waals surface area contributed by atoms with E-state index in [4.69, 9.17) is 21.1 Å². The average Bonchev–Trinajstić information content (AvgIpc) is 3.38. The van der Waals surface area contributed by atoms with Crippen molar-refractivity contribution >= 4 is 28.8 Å². The van der Waals surface area contributed by atoms with Gasteiger partial charge in [0, 0.05) is 36.4 Å². The van der Waals surface area contributed by atoms with Gasteiger partial charge in [-0.05, 0) is 36.5 Å². The minimum absolute atomic E-state index is 0.0771. The van der Waals surface area contributed by atoms with Crippen molar-refractivity contribution in [2.75, 3.05) is 19.7 Å². The molecule has 0 radical (unpaired) electrons. The van der Waals surface area contributed by atoms with Gasteiger partial charge in [-0.15, -0.1) is 21.5 Å². The Labute approximate surface area is 166 Å². The first-order valence-corrected chi connectivity index (χ1v) is 10.5. The molecular formula is C19H20ClN3O3S. The van der Waals surface area contributed by atoms with Crippen LogP contribution in [0.1, 0.15) is 33.0 Å². The summed E-state index contributed by atoms with van der Waals surface area (Å²) >= 11 is 7.42. The molecule has 0 N–H and O–H groups in total. The van der Waals surface area contributed by atoms with Crippen LogP contribution in [0.4, 0.5) is 0 Å². The van der Waals surface area contributed by atoms with Crippen molar-refractivity contribution in [3.05, 3.63) is 38.7 Å². The highest BCUT2D eigenvalue weighted by atomic mass is 35.5. The van der Waals surface area contributed by atoms with Gasteiger partial charge >= 0.3 is 0 Å². The van der Waals surface area contributed by atoms with Gasteiger partial charge in [0.2, 0.25) is 5.88 Å². The topological polar surface area (TPSA) is 64.5 Å². The molecule has 8 heteroatoms. The molecule has 0 unspecified atom stereocenters. The fraction of sp³-hybridized carbons (Fsp3) is 0.526. The van der Waals surface area contributed by atoms with Crippen LogP contribution < -0.4 is 4.74 Å². The number of ether oxygens (including phenoxy) is 2. The maximum atomic E-state index is 13.0. The lowest BCUT2D eigenvalue weighted by molar-refractivity contribution is 0.0765. The molecule has 2 fully saturated rings. The lowest BCUT2D eigenvalue weighted by Crippen LogP contribution is -2.32. The molecule has 6 nitrogen and oxygen atoms in total. The van der Waals surface area contributed by atoms with Gasteiger partial charge in [0.05, 0.1) is 18.1 Å². The second kappa shape index (κ2) is 7.04. The van der Waals surface area contributed by atoms with E-state index in [0.29, 0.717) is 29.5 Å². The SMILES string of the molecule is O=C(c1cc2c(s1)CCOC2)N1C[C@@H]2CC[C@@H](Oc3ccc(Cl)nn3)[C@@H]2C1. The highest BCUT2D eigenvalue weighted by Crippen LogP contribution is 2.41. The zero-order chi connectivity index (χ0) is 18.4. The molecule has 1 amide bonds. The quantitative estimate of drug-likeness (QED) is 0.784. The van der Waals surface area contributed by atoms with Gasteiger partial charge in [-0.25, -0.2) is 0 Å². The zero-order valence-electron chi connectivity index (χ0n) is 14.8. The number of rotatable bonds is 3. The Morgan fingerprint density at radius 2 is 2.22 bits per heavy atom. The van der Waals surface area contributed by atoms with Gasteiger partial charge in [-0.3, -0.25) is 4.79 Å². The Bertz CT molecular complexity index is 833. The van der Waals surface area contributed by atoms with Crippen LogP contribution in [0.5, 0.6) is 5.88 Å². The summed E-state index contributed by atoms with van der Waals surface area (Å²) in [6, 6.07) is 5.45. The molecule has 0 spiro atoms. The molecule has 1 aliphatic carbocycles. The summed E-state index contributed by atoms with van der Waals surface area (Å²) in [5, 5.41) is 8.19. The summed E-state index contributed by atoms with van der Waals surface area (Å²) in [6.45, 7) is 2.94. The maximum Gasteiger partial charge on any atom is 0.263 e.